The fraction of sp³-hybridized carbons (Fsp3) is 0.923. The lowest BCUT2D eigenvalue weighted by Gasteiger charge is -2.71. The lowest BCUT2D eigenvalue weighted by Crippen LogP contribution is -2.71. The molecule has 5 aliphatic carbocycles. The van der Waals surface area contributed by atoms with Gasteiger partial charge < -0.3 is 153 Å². The minimum Gasteiger partial charge on any atom is -0.481 e. The predicted octanol–water partition coefficient (Wildman–Crippen LogP) is -1.61. The average Bonchev–Trinajstić information content (AvgIpc) is 0.667. The van der Waals surface area contributed by atoms with Crippen LogP contribution < -0.4 is 0 Å². The SMILES string of the molecule is CC1OC(OC2C(OC(=O)C34CCC(C)(C)CC3C3=CCC5C6(C)CC(O)C(OC7OC(CO)C(O)C(O)C7O)C(C)(C(=O)O)C6CCC5(C)C3(C)CC4O)OCC(OC(=O)CCCCCCC(=O)CCCCCCCCOC3OCC(O)C(O)C3O)C2OC2OCC(O)C(O)C2O)C(O)C(O)C1OC1OCC(O)C(O)C1O. The predicted molar refractivity (Wildman–Crippen MR) is 383 cm³/mol. The van der Waals surface area contributed by atoms with Crippen LogP contribution in [0.4, 0.5) is 0 Å². The molecular formula is C78H126O35. The standard InChI is InChI=1S/C78H126O35/c1-36-61(109-66-57(94)51(88)42(83)33-103-66)55(92)60(97)68(106-36)111-63-62(110-67-58(95)52(89)43(84)34-104-67)45(107-49(86)20-16-12-11-15-19-37(80)18-14-10-8-9-13-17-27-101-65-56(93)50(87)41(82)32-102-65)35-105-70(63)113-72(100)78-26-25-73(2,3)28-39(78)38-21-22-46-74(4)29-40(81)64(112-69-59(96)54(91)53(90)44(31-79)108-69)77(7,71(98)99)47(74)23-24-75(46,5)76(38,6)30-48(78)85/h21,36,39-48,50-70,79,81-85,87-97H,8-20,22-35H2,1-7H3,(H,98,99). The zero-order chi connectivity index (χ0) is 82.4. The smallest absolute Gasteiger partial charge is 0.317 e. The molecule has 0 bridgehead atoms. The first-order valence-corrected chi connectivity index (χ1v) is 40.7. The number of hydrogen-bond donors (Lipinski definition) is 18. The van der Waals surface area contributed by atoms with Crippen molar-refractivity contribution in [3.63, 3.8) is 0 Å². The molecule has 35 heteroatoms. The minimum atomic E-state index is -2.11. The van der Waals surface area contributed by atoms with Crippen LogP contribution in [-0.4, -0.2) is 333 Å². The summed E-state index contributed by atoms with van der Waals surface area (Å²) in [6.07, 6.45) is -36.8. The molecule has 6 aliphatic heterocycles. The topological polar surface area (TPSA) is 552 Å². The average molecular weight is 1620 g/mol. The molecule has 0 aromatic heterocycles. The lowest BCUT2D eigenvalue weighted by atomic mass is 9.33. The first-order chi connectivity index (χ1) is 53.3. The Kier molecular flexibility index (Phi) is 29.6. The Morgan fingerprint density at radius 3 is 1.61 bits per heavy atom. The number of ether oxygens (including phenoxy) is 13. The van der Waals surface area contributed by atoms with Gasteiger partial charge in [-0.15, -0.1) is 0 Å². The fourth-order valence-electron chi connectivity index (χ4n) is 20.9. The highest BCUT2D eigenvalue weighted by Crippen LogP contribution is 2.76. The normalized spacial score (nSPS) is 47.8. The molecule has 0 radical (unpaired) electrons. The second kappa shape index (κ2) is 37.0. The van der Waals surface area contributed by atoms with Gasteiger partial charge in [-0.25, -0.2) is 0 Å². The van der Waals surface area contributed by atoms with E-state index < -0.39 is 267 Å². The van der Waals surface area contributed by atoms with Gasteiger partial charge in [0.2, 0.25) is 6.29 Å². The number of fused-ring (bicyclic) bond motifs is 7. The molecule has 37 unspecified atom stereocenters. The van der Waals surface area contributed by atoms with E-state index in [1.54, 1.807) is 0 Å². The number of aliphatic hydroxyl groups excluding tert-OH is 17. The van der Waals surface area contributed by atoms with Crippen LogP contribution in [-0.2, 0) is 80.8 Å². The Hall–Kier alpha value is -3.30. The highest BCUT2D eigenvalue weighted by molar-refractivity contribution is 5.80. The summed E-state index contributed by atoms with van der Waals surface area (Å²) in [4.78, 5) is 57.3. The third kappa shape index (κ3) is 18.1. The van der Waals surface area contributed by atoms with E-state index in [4.69, 9.17) is 61.6 Å². The zero-order valence-corrected chi connectivity index (χ0v) is 65.6. The van der Waals surface area contributed by atoms with Crippen LogP contribution in [0.5, 0.6) is 0 Å². The third-order valence-electron chi connectivity index (χ3n) is 27.9. The van der Waals surface area contributed by atoms with E-state index in [9.17, 15) is 106 Å². The highest BCUT2D eigenvalue weighted by Gasteiger charge is 2.75. The van der Waals surface area contributed by atoms with Crippen molar-refractivity contribution in [1.82, 2.24) is 0 Å². The van der Waals surface area contributed by atoms with Gasteiger partial charge in [0, 0.05) is 25.9 Å². The molecule has 0 amide bonds. The number of ketones is 1. The number of carboxylic acids is 1. The van der Waals surface area contributed by atoms with Crippen molar-refractivity contribution in [3.05, 3.63) is 11.6 Å². The zero-order valence-electron chi connectivity index (χ0n) is 65.6. The van der Waals surface area contributed by atoms with E-state index in [0.717, 1.165) is 37.7 Å². The Labute approximate surface area is 657 Å². The van der Waals surface area contributed by atoms with Crippen molar-refractivity contribution >= 4 is 23.7 Å². The van der Waals surface area contributed by atoms with Crippen LogP contribution in [0, 0.1) is 50.2 Å². The first kappa shape index (κ1) is 90.5. The number of carboxylic acid groups (broad SMARTS) is 1. The van der Waals surface area contributed by atoms with Gasteiger partial charge in [0.15, 0.2) is 43.7 Å². The van der Waals surface area contributed by atoms with Crippen LogP contribution in [0.2, 0.25) is 0 Å². The van der Waals surface area contributed by atoms with Gasteiger partial charge in [-0.2, -0.15) is 0 Å². The van der Waals surface area contributed by atoms with Crippen LogP contribution in [0.3, 0.4) is 0 Å². The lowest BCUT2D eigenvalue weighted by molar-refractivity contribution is -0.382. The Bertz CT molecular complexity index is 3200. The number of carbonyl (C=O) groups is 4. The summed E-state index contributed by atoms with van der Waals surface area (Å²) < 4.78 is 78.3. The summed E-state index contributed by atoms with van der Waals surface area (Å²) in [5.74, 6) is -4.79. The van der Waals surface area contributed by atoms with Gasteiger partial charge in [-0.3, -0.25) is 19.2 Å². The molecule has 37 atom stereocenters. The van der Waals surface area contributed by atoms with E-state index in [0.29, 0.717) is 77.2 Å². The van der Waals surface area contributed by atoms with Gasteiger partial charge in [-0.05, 0) is 130 Å². The monoisotopic (exact) mass is 1620 g/mol. The largest absolute Gasteiger partial charge is 0.481 e. The Morgan fingerprint density at radius 1 is 0.487 bits per heavy atom. The van der Waals surface area contributed by atoms with Crippen LogP contribution in [0.25, 0.3) is 0 Å². The van der Waals surface area contributed by atoms with Crippen molar-refractivity contribution in [2.45, 2.75) is 361 Å². The van der Waals surface area contributed by atoms with Crippen LogP contribution in [0.15, 0.2) is 11.6 Å². The molecule has 0 aromatic rings. The van der Waals surface area contributed by atoms with Gasteiger partial charge in [0.05, 0.1) is 56.8 Å². The van der Waals surface area contributed by atoms with Crippen molar-refractivity contribution in [1.29, 1.82) is 0 Å². The molecule has 10 fully saturated rings. The van der Waals surface area contributed by atoms with Crippen molar-refractivity contribution in [3.8, 4) is 0 Å². The van der Waals surface area contributed by atoms with Gasteiger partial charge in [0.1, 0.15) is 121 Å². The molecule has 6 heterocycles. The maximum Gasteiger partial charge on any atom is 0.317 e. The van der Waals surface area contributed by atoms with Crippen molar-refractivity contribution in [2.24, 2.45) is 50.2 Å². The van der Waals surface area contributed by atoms with E-state index in [1.807, 2.05) is 13.8 Å². The van der Waals surface area contributed by atoms with E-state index >= 15 is 4.79 Å². The summed E-state index contributed by atoms with van der Waals surface area (Å²) in [6.45, 7) is 10.8. The van der Waals surface area contributed by atoms with Crippen LogP contribution in [0.1, 0.15) is 183 Å². The maximum absolute atomic E-state index is 16.3. The second-order valence-corrected chi connectivity index (χ2v) is 35.7. The molecule has 648 valence electrons. The number of carbonyl (C=O) groups excluding carboxylic acids is 3. The third-order valence-corrected chi connectivity index (χ3v) is 27.9. The molecule has 11 rings (SSSR count). The number of esters is 2. The number of unbranched alkanes of at least 4 members (excludes halogenated alkanes) is 8. The number of allylic oxidation sites excluding steroid dienone is 2. The molecule has 113 heavy (non-hydrogen) atoms. The molecule has 0 spiro atoms. The Morgan fingerprint density at radius 2 is 1.01 bits per heavy atom. The molecule has 18 N–H and O–H groups in total. The number of aliphatic hydroxyl groups is 17. The Balaban J connectivity index is 0.808. The number of rotatable bonds is 30. The summed E-state index contributed by atoms with van der Waals surface area (Å²) in [5, 5.41) is 198. The van der Waals surface area contributed by atoms with Gasteiger partial charge in [-0.1, -0.05) is 84.8 Å². The van der Waals surface area contributed by atoms with Gasteiger partial charge in [0.25, 0.3) is 0 Å². The summed E-state index contributed by atoms with van der Waals surface area (Å²) in [5.41, 5.74) is -5.90. The maximum atomic E-state index is 16.3. The number of Topliss-reactive ketones (excluding diaryl/α,β-unsaturated/α-hetero) is 1. The van der Waals surface area contributed by atoms with E-state index in [2.05, 4.69) is 26.8 Å². The van der Waals surface area contributed by atoms with E-state index in [-0.39, 0.29) is 50.4 Å². The number of aliphatic carboxylic acids is 1. The quantitative estimate of drug-likeness (QED) is 0.0166. The minimum absolute atomic E-state index is 0.00291. The second-order valence-electron chi connectivity index (χ2n) is 35.7. The first-order valence-electron chi connectivity index (χ1n) is 40.7. The highest BCUT2D eigenvalue weighted by atomic mass is 16.8. The molecular weight excluding hydrogens is 1500 g/mol. The molecule has 35 nitrogen and oxygen atoms in total. The summed E-state index contributed by atoms with van der Waals surface area (Å²) >= 11 is 0. The number of hydrogen-bond acceptors (Lipinski definition) is 34. The summed E-state index contributed by atoms with van der Waals surface area (Å²) in [7, 11) is 0. The van der Waals surface area contributed by atoms with Crippen molar-refractivity contribution in [2.75, 3.05) is 39.6 Å². The van der Waals surface area contributed by atoms with Crippen LogP contribution >= 0.6 is 0 Å². The van der Waals surface area contributed by atoms with E-state index in [1.165, 1.54) is 13.8 Å². The molecule has 11 aliphatic rings. The molecule has 4 saturated carbocycles. The molecule has 6 saturated heterocycles. The summed E-state index contributed by atoms with van der Waals surface area (Å²) in [6, 6.07) is 0. The van der Waals surface area contributed by atoms with Gasteiger partial charge >= 0.3 is 17.9 Å². The van der Waals surface area contributed by atoms with Crippen molar-refractivity contribution < 1.29 is 173 Å². The fourth-order valence-corrected chi connectivity index (χ4v) is 20.9. The molecule has 0 aromatic carbocycles.